The number of hydrogen-bond acceptors (Lipinski definition) is 9. The molecule has 0 aliphatic carbocycles. The number of hydrogen-bond donors (Lipinski definition) is 4. The Morgan fingerprint density at radius 1 is 1.13 bits per heavy atom. The molecule has 0 amide bonds. The molecule has 0 fully saturated rings. The van der Waals surface area contributed by atoms with Crippen LogP contribution < -0.4 is 5.32 Å². The number of carbonyl (C=O) groups excluding carboxylic acids is 2. The molecule has 0 unspecified atom stereocenters. The molecule has 0 spiro atoms. The minimum Gasteiger partial charge on any atom is -0.478 e. The summed E-state index contributed by atoms with van der Waals surface area (Å²) in [7, 11) is 1.31. The van der Waals surface area contributed by atoms with Gasteiger partial charge in [-0.1, -0.05) is 30.3 Å². The normalized spacial score (nSPS) is 9.93. The van der Waals surface area contributed by atoms with Crippen LogP contribution in [0.15, 0.2) is 30.3 Å². The van der Waals surface area contributed by atoms with Crippen LogP contribution >= 0.6 is 0 Å². The van der Waals surface area contributed by atoms with Crippen molar-refractivity contribution in [2.45, 2.75) is 26.1 Å². The summed E-state index contributed by atoms with van der Waals surface area (Å²) in [5.41, 5.74) is -0.621. The van der Waals surface area contributed by atoms with Crippen LogP contribution in [-0.4, -0.2) is 77.3 Å². The van der Waals surface area contributed by atoms with Gasteiger partial charge in [-0.15, -0.1) is 0 Å². The second kappa shape index (κ2) is 19.0. The number of aliphatic hydroxyl groups excluding tert-OH is 1. The molecule has 30 heavy (non-hydrogen) atoms. The van der Waals surface area contributed by atoms with E-state index in [1.807, 2.05) is 30.3 Å². The summed E-state index contributed by atoms with van der Waals surface area (Å²) in [5, 5.41) is 29.4. The number of aliphatic hydroxyl groups is 1. The van der Waals surface area contributed by atoms with E-state index in [1.165, 1.54) is 20.9 Å². The third kappa shape index (κ3) is 18.1. The summed E-state index contributed by atoms with van der Waals surface area (Å²) in [4.78, 5) is 33.0. The Balaban J connectivity index is -0.000000611. The molecule has 1 aromatic carbocycles. The van der Waals surface area contributed by atoms with Gasteiger partial charge in [0.1, 0.15) is 13.2 Å². The van der Waals surface area contributed by atoms with Crippen molar-refractivity contribution < 1.29 is 93.1 Å². The van der Waals surface area contributed by atoms with Gasteiger partial charge in [0.15, 0.2) is 0 Å². The number of benzene rings is 1. The van der Waals surface area contributed by atoms with E-state index >= 15 is 0 Å². The zero-order valence-electron chi connectivity index (χ0n) is 17.2. The number of nitrogens with one attached hydrogen (secondary N) is 1. The van der Waals surface area contributed by atoms with Gasteiger partial charge in [0.25, 0.3) is 0 Å². The van der Waals surface area contributed by atoms with Crippen molar-refractivity contribution in [3.8, 4) is 0 Å². The maximum atomic E-state index is 11.3. The topological polar surface area (TPSA) is 146 Å². The molecule has 4 N–H and O–H groups in total. The monoisotopic (exact) mass is 673 g/mol. The Bertz CT molecular complexity index is 617. The third-order valence-electron chi connectivity index (χ3n) is 3.08. The maximum absolute atomic E-state index is 11.3. The van der Waals surface area contributed by atoms with Crippen LogP contribution in [0, 0.1) is 0 Å². The van der Waals surface area contributed by atoms with E-state index in [0.29, 0.717) is 5.06 Å². The van der Waals surface area contributed by atoms with Crippen LogP contribution in [0.1, 0.15) is 19.4 Å². The SMILES string of the molecule is CN(O)CC(=O)OCCNCC(=O)OC(C)(C)C(=O)O.OCc1ccccc1.[W].[Y]. The van der Waals surface area contributed by atoms with Crippen LogP contribution in [0.3, 0.4) is 0 Å². The number of ether oxygens (including phenoxy) is 2. The molecule has 0 aromatic heterocycles. The summed E-state index contributed by atoms with van der Waals surface area (Å²) in [6.45, 7) is 2.43. The number of nitrogens with zero attached hydrogens (tertiary/aromatic N) is 1. The van der Waals surface area contributed by atoms with Crippen molar-refractivity contribution in [3.05, 3.63) is 35.9 Å². The quantitative estimate of drug-likeness (QED) is 0.153. The van der Waals surface area contributed by atoms with Crippen molar-refractivity contribution in [2.75, 3.05) is 33.3 Å². The Morgan fingerprint density at radius 3 is 2.13 bits per heavy atom. The van der Waals surface area contributed by atoms with Crippen molar-refractivity contribution in [1.29, 1.82) is 0 Å². The third-order valence-corrected chi connectivity index (χ3v) is 3.08. The van der Waals surface area contributed by atoms with Crippen LogP contribution in [0.2, 0.25) is 0 Å². The standard InChI is InChI=1S/C11H20N2O7.C7H8O.W.Y/c1-11(2,10(16)17)20-8(14)6-12-4-5-19-9(15)7-13(3)18;8-6-7-4-2-1-3-5-7;;/h12,18H,4-7H2,1-3H3,(H,16,17);1-5,8H,6H2;;. The van der Waals surface area contributed by atoms with E-state index in [-0.39, 0.29) is 86.6 Å². The van der Waals surface area contributed by atoms with Gasteiger partial charge in [-0.2, -0.15) is 5.06 Å². The molecule has 1 rings (SSSR count). The number of aliphatic carboxylic acids is 1. The second-order valence-electron chi connectivity index (χ2n) is 6.15. The van der Waals surface area contributed by atoms with Gasteiger partial charge in [0.2, 0.25) is 5.60 Å². The number of carbonyl (C=O) groups is 3. The van der Waals surface area contributed by atoms with Crippen molar-refractivity contribution in [3.63, 3.8) is 0 Å². The number of carboxylic acids is 1. The Labute approximate surface area is 215 Å². The maximum Gasteiger partial charge on any atom is 0.347 e. The number of rotatable bonds is 10. The van der Waals surface area contributed by atoms with E-state index in [2.05, 4.69) is 5.32 Å². The first-order valence-corrected chi connectivity index (χ1v) is 8.45. The van der Waals surface area contributed by atoms with Crippen molar-refractivity contribution >= 4 is 17.9 Å². The predicted octanol–water partition coefficient (Wildman–Crippen LogP) is 0.0205. The number of hydroxylamine groups is 2. The molecule has 0 aliphatic heterocycles. The molecule has 1 aromatic rings. The fourth-order valence-corrected chi connectivity index (χ4v) is 1.61. The van der Waals surface area contributed by atoms with Crippen molar-refractivity contribution in [2.24, 2.45) is 0 Å². The van der Waals surface area contributed by atoms with E-state index in [4.69, 9.17) is 24.9 Å². The summed E-state index contributed by atoms with van der Waals surface area (Å²) in [6, 6.07) is 9.52. The number of likely N-dealkylation sites (N-methyl/N-ethyl adjacent to an activating group) is 1. The van der Waals surface area contributed by atoms with Crippen LogP contribution in [0.25, 0.3) is 0 Å². The zero-order chi connectivity index (χ0) is 21.6. The molecule has 0 aliphatic rings. The molecule has 167 valence electrons. The zero-order valence-corrected chi connectivity index (χ0v) is 23.0. The summed E-state index contributed by atoms with van der Waals surface area (Å²) in [5.74, 6) is -2.57. The fraction of sp³-hybridized carbons (Fsp3) is 0.500. The van der Waals surface area contributed by atoms with Gasteiger partial charge in [0.05, 0.1) is 13.2 Å². The van der Waals surface area contributed by atoms with Gasteiger partial charge in [-0.3, -0.25) is 9.59 Å². The van der Waals surface area contributed by atoms with Gasteiger partial charge < -0.3 is 30.2 Å². The largest absolute Gasteiger partial charge is 0.478 e. The van der Waals surface area contributed by atoms with E-state index < -0.39 is 23.5 Å². The van der Waals surface area contributed by atoms with Gasteiger partial charge >= 0.3 is 17.9 Å². The summed E-state index contributed by atoms with van der Waals surface area (Å²) in [6.07, 6.45) is 0. The van der Waals surface area contributed by atoms with E-state index in [9.17, 15) is 14.4 Å². The van der Waals surface area contributed by atoms with Crippen LogP contribution in [0.5, 0.6) is 0 Å². The average molecular weight is 673 g/mol. The molecule has 0 heterocycles. The van der Waals surface area contributed by atoms with Gasteiger partial charge in [-0.05, 0) is 19.4 Å². The van der Waals surface area contributed by atoms with Gasteiger partial charge in [0, 0.05) is 67.4 Å². The molecule has 1 radical (unpaired) electrons. The van der Waals surface area contributed by atoms with E-state index in [1.54, 1.807) is 0 Å². The Kier molecular flexibility index (Phi) is 21.4. The van der Waals surface area contributed by atoms with E-state index in [0.717, 1.165) is 5.56 Å². The first kappa shape index (κ1) is 33.9. The minimum atomic E-state index is -1.59. The first-order chi connectivity index (χ1) is 13.1. The Hall–Kier alpha value is -0.738. The van der Waals surface area contributed by atoms with Crippen LogP contribution in [0.4, 0.5) is 0 Å². The molecule has 0 saturated carbocycles. The molecular formula is C18H28N2O8WY. The molecule has 0 saturated heterocycles. The summed E-state index contributed by atoms with van der Waals surface area (Å²) < 4.78 is 9.46. The summed E-state index contributed by atoms with van der Waals surface area (Å²) >= 11 is 0. The predicted molar refractivity (Wildman–Crippen MR) is 98.4 cm³/mol. The molecule has 0 atom stereocenters. The molecule has 0 bridgehead atoms. The minimum absolute atomic E-state index is 0. The fourth-order valence-electron chi connectivity index (χ4n) is 1.61. The average Bonchev–Trinajstić information content (AvgIpc) is 2.61. The second-order valence-corrected chi connectivity index (χ2v) is 6.15. The molecular weight excluding hydrogens is 645 g/mol. The van der Waals surface area contributed by atoms with Crippen LogP contribution in [-0.2, 0) is 84.2 Å². The smallest absolute Gasteiger partial charge is 0.347 e. The van der Waals surface area contributed by atoms with Gasteiger partial charge in [-0.25, -0.2) is 4.79 Å². The molecule has 12 heteroatoms. The number of esters is 2. The first-order valence-electron chi connectivity index (χ1n) is 8.45. The Morgan fingerprint density at radius 2 is 1.70 bits per heavy atom. The van der Waals surface area contributed by atoms with Crippen molar-refractivity contribution in [1.82, 2.24) is 10.4 Å². The number of carboxylic acid groups (broad SMARTS) is 1. The molecule has 10 nitrogen and oxygen atoms in total.